The molecule has 1 heterocycles. The maximum Gasteiger partial charge on any atom is 0.138 e. The number of carbonyl (C=O) groups is 1. The summed E-state index contributed by atoms with van der Waals surface area (Å²) in [6.45, 7) is 20.1. The van der Waals surface area contributed by atoms with Gasteiger partial charge in [0.25, 0.3) is 0 Å². The Labute approximate surface area is 200 Å². The second kappa shape index (κ2) is 7.17. The molecule has 1 aliphatic heterocycles. The van der Waals surface area contributed by atoms with Crippen LogP contribution in [0, 0.1) is 39.4 Å². The van der Waals surface area contributed by atoms with Crippen molar-refractivity contribution in [2.75, 3.05) is 0 Å². The van der Waals surface area contributed by atoms with Crippen LogP contribution in [0.3, 0.4) is 0 Å². The average Bonchev–Trinajstić information content (AvgIpc) is 3.04. The minimum Gasteiger partial charge on any atom is -0.386 e. The summed E-state index contributed by atoms with van der Waals surface area (Å²) in [5.41, 5.74) is 3.91. The molecular weight excluding hydrogens is 408 g/mol. The number of aliphatic hydroxyl groups is 1. The zero-order valence-corrected chi connectivity index (χ0v) is 21.8. The molecule has 1 saturated heterocycles. The molecule has 5 rings (SSSR count). The molecule has 3 nitrogen and oxygen atoms in total. The fourth-order valence-corrected chi connectivity index (χ4v) is 9.40. The molecule has 3 heteroatoms. The van der Waals surface area contributed by atoms with Crippen LogP contribution in [-0.4, -0.2) is 29.2 Å². The lowest BCUT2D eigenvalue weighted by molar-refractivity contribution is -0.167. The summed E-state index contributed by atoms with van der Waals surface area (Å²) in [4.78, 5) is 12.9. The number of fused-ring (bicyclic) bond motifs is 6. The number of hydrogen-bond acceptors (Lipinski definition) is 3. The zero-order chi connectivity index (χ0) is 24.1. The number of hydrogen-bond donors (Lipinski definition) is 1. The Morgan fingerprint density at radius 1 is 1.21 bits per heavy atom. The number of aliphatic hydroxyl groups excluding tert-OH is 1. The van der Waals surface area contributed by atoms with Gasteiger partial charge in [-0.05, 0) is 84.3 Å². The molecule has 0 amide bonds. The maximum atomic E-state index is 12.9. The molecule has 0 spiro atoms. The van der Waals surface area contributed by atoms with Crippen LogP contribution in [0.15, 0.2) is 35.5 Å². The van der Waals surface area contributed by atoms with Gasteiger partial charge in [0.1, 0.15) is 11.9 Å². The highest BCUT2D eigenvalue weighted by Crippen LogP contribution is 2.73. The van der Waals surface area contributed by atoms with Gasteiger partial charge in [0.05, 0.1) is 12.2 Å². The molecule has 1 N–H and O–H groups in total. The lowest BCUT2D eigenvalue weighted by Gasteiger charge is -2.66. The number of Topliss-reactive ketones (excluding diaryl/α,β-unsaturated/α-hetero) is 1. The molecule has 33 heavy (non-hydrogen) atoms. The Morgan fingerprint density at radius 3 is 2.58 bits per heavy atom. The van der Waals surface area contributed by atoms with Gasteiger partial charge in [0.2, 0.25) is 0 Å². The van der Waals surface area contributed by atoms with Gasteiger partial charge in [-0.2, -0.15) is 0 Å². The predicted octanol–water partition coefficient (Wildman–Crippen LogP) is 6.42. The summed E-state index contributed by atoms with van der Waals surface area (Å²) in [7, 11) is 0. The first-order valence-corrected chi connectivity index (χ1v) is 13.2. The van der Waals surface area contributed by atoms with Crippen molar-refractivity contribution in [3.63, 3.8) is 0 Å². The normalized spacial score (nSPS) is 49.1. The molecule has 2 saturated carbocycles. The highest BCUT2D eigenvalue weighted by atomic mass is 16.5. The van der Waals surface area contributed by atoms with Gasteiger partial charge in [0, 0.05) is 17.3 Å². The topological polar surface area (TPSA) is 46.5 Å². The minimum atomic E-state index is -0.593. The number of ether oxygens (including phenoxy) is 1. The van der Waals surface area contributed by atoms with Gasteiger partial charge in [-0.15, -0.1) is 0 Å². The van der Waals surface area contributed by atoms with Crippen molar-refractivity contribution in [1.29, 1.82) is 0 Å². The molecule has 0 unspecified atom stereocenters. The quantitative estimate of drug-likeness (QED) is 0.492. The van der Waals surface area contributed by atoms with E-state index < -0.39 is 6.10 Å². The fraction of sp³-hybridized carbons (Fsp3) is 0.767. The standard InChI is InChI=1S/C30H44O3/c1-17(2)26(32)20-15-18(3)25-19-9-10-23-28(6)13-12-24(31)27(4,5)22(28)11-14-29(23,7)30(19,8)16-21(25)33-20/h9-10,18,20-23,26,32H,1,11-16H2,2-8H3/t18-,20+,21+,22+,23+,26+,28+,29+,30+/m1/s1. The summed E-state index contributed by atoms with van der Waals surface area (Å²) in [6, 6.07) is 0. The average molecular weight is 453 g/mol. The van der Waals surface area contributed by atoms with Crippen LogP contribution in [0.4, 0.5) is 0 Å². The van der Waals surface area contributed by atoms with Crippen LogP contribution in [0.1, 0.15) is 87.0 Å². The molecule has 9 atom stereocenters. The van der Waals surface area contributed by atoms with Crippen molar-refractivity contribution >= 4 is 5.78 Å². The van der Waals surface area contributed by atoms with Crippen molar-refractivity contribution in [2.24, 2.45) is 39.4 Å². The molecule has 0 radical (unpaired) electrons. The first-order valence-electron chi connectivity index (χ1n) is 13.2. The Balaban J connectivity index is 1.54. The van der Waals surface area contributed by atoms with E-state index in [1.54, 1.807) is 0 Å². The minimum absolute atomic E-state index is 0.0589. The molecule has 182 valence electrons. The van der Waals surface area contributed by atoms with Crippen molar-refractivity contribution in [3.8, 4) is 0 Å². The van der Waals surface area contributed by atoms with Crippen LogP contribution in [-0.2, 0) is 9.53 Å². The summed E-state index contributed by atoms with van der Waals surface area (Å²) in [5.74, 6) is 1.78. The second-order valence-corrected chi connectivity index (χ2v) is 13.5. The Kier molecular flexibility index (Phi) is 5.11. The summed E-state index contributed by atoms with van der Waals surface area (Å²) < 4.78 is 6.62. The van der Waals surface area contributed by atoms with Gasteiger partial charge < -0.3 is 9.84 Å². The smallest absolute Gasteiger partial charge is 0.138 e. The SMILES string of the molecule is C=C(C)[C@H](O)[C@@H]1C[C@@H](C)C2=C3C=C[C@H]4[C@@]5(C)CCC(=O)C(C)(C)[C@@H]5CC[C@]4(C)[C@@]3(C)C[C@@H]2O1. The first kappa shape index (κ1) is 23.5. The number of carbonyl (C=O) groups excluding carboxylic acids is 1. The van der Waals surface area contributed by atoms with Crippen molar-refractivity contribution in [2.45, 2.75) is 105 Å². The van der Waals surface area contributed by atoms with Crippen LogP contribution in [0.5, 0.6) is 0 Å². The molecule has 5 aliphatic rings. The number of allylic oxidation sites excluding steroid dienone is 3. The van der Waals surface area contributed by atoms with Crippen LogP contribution >= 0.6 is 0 Å². The summed E-state index contributed by atoms with van der Waals surface area (Å²) >= 11 is 0. The van der Waals surface area contributed by atoms with Gasteiger partial charge in [-0.3, -0.25) is 4.79 Å². The van der Waals surface area contributed by atoms with Gasteiger partial charge in [-0.1, -0.05) is 60.3 Å². The van der Waals surface area contributed by atoms with E-state index >= 15 is 0 Å². The first-order chi connectivity index (χ1) is 15.3. The Hall–Kier alpha value is -1.19. The lowest BCUT2D eigenvalue weighted by atomic mass is 9.37. The Morgan fingerprint density at radius 2 is 1.91 bits per heavy atom. The number of ketones is 1. The summed E-state index contributed by atoms with van der Waals surface area (Å²) in [6.07, 6.45) is 10.2. The second-order valence-electron chi connectivity index (χ2n) is 13.5. The molecule has 0 aromatic rings. The van der Waals surface area contributed by atoms with Gasteiger partial charge in [0.15, 0.2) is 0 Å². The highest BCUT2D eigenvalue weighted by Gasteiger charge is 2.67. The van der Waals surface area contributed by atoms with E-state index in [9.17, 15) is 9.90 Å². The third-order valence-corrected chi connectivity index (χ3v) is 11.5. The van der Waals surface area contributed by atoms with E-state index in [-0.39, 0.29) is 33.9 Å². The maximum absolute atomic E-state index is 12.9. The molecule has 0 aromatic heterocycles. The van der Waals surface area contributed by atoms with Crippen LogP contribution < -0.4 is 0 Å². The summed E-state index contributed by atoms with van der Waals surface area (Å²) in [5, 5.41) is 10.7. The monoisotopic (exact) mass is 452 g/mol. The van der Waals surface area contributed by atoms with Gasteiger partial charge in [-0.25, -0.2) is 0 Å². The molecule has 3 fully saturated rings. The van der Waals surface area contributed by atoms with Crippen molar-refractivity contribution < 1.29 is 14.6 Å². The van der Waals surface area contributed by atoms with Crippen molar-refractivity contribution in [1.82, 2.24) is 0 Å². The lowest BCUT2D eigenvalue weighted by Crippen LogP contribution is -2.61. The van der Waals surface area contributed by atoms with E-state index in [2.05, 4.69) is 60.3 Å². The molecule has 0 bridgehead atoms. The molecular formula is C30H44O3. The fourth-order valence-electron chi connectivity index (χ4n) is 9.40. The zero-order valence-electron chi connectivity index (χ0n) is 21.8. The third-order valence-electron chi connectivity index (χ3n) is 11.5. The van der Waals surface area contributed by atoms with E-state index in [0.717, 1.165) is 37.7 Å². The molecule has 0 aromatic carbocycles. The number of rotatable bonds is 2. The van der Waals surface area contributed by atoms with E-state index in [1.165, 1.54) is 11.1 Å². The third kappa shape index (κ3) is 2.91. The van der Waals surface area contributed by atoms with E-state index in [4.69, 9.17) is 4.74 Å². The van der Waals surface area contributed by atoms with Crippen LogP contribution in [0.25, 0.3) is 0 Å². The van der Waals surface area contributed by atoms with Gasteiger partial charge >= 0.3 is 0 Å². The van der Waals surface area contributed by atoms with E-state index in [1.807, 2.05) is 6.92 Å². The highest BCUT2D eigenvalue weighted by molar-refractivity contribution is 5.85. The largest absolute Gasteiger partial charge is 0.386 e. The van der Waals surface area contributed by atoms with Crippen LogP contribution in [0.2, 0.25) is 0 Å². The van der Waals surface area contributed by atoms with Crippen molar-refractivity contribution in [3.05, 3.63) is 35.5 Å². The van der Waals surface area contributed by atoms with E-state index in [0.29, 0.717) is 30.0 Å². The Bertz CT molecular complexity index is 956. The predicted molar refractivity (Wildman–Crippen MR) is 133 cm³/mol. The molecule has 4 aliphatic carbocycles.